The molecule has 1 unspecified atom stereocenters. The maximum absolute atomic E-state index is 12.1. The summed E-state index contributed by atoms with van der Waals surface area (Å²) in [7, 11) is -1.88. The molecule has 0 aliphatic heterocycles. The number of nitrogens with zero attached hydrogens (tertiary/aromatic N) is 1. The van der Waals surface area contributed by atoms with E-state index >= 15 is 0 Å². The molecule has 0 aromatic carbocycles. The number of anilines is 1. The molecule has 0 bridgehead atoms. The molecule has 0 spiro atoms. The van der Waals surface area contributed by atoms with E-state index < -0.39 is 10.0 Å². The molecular formula is C12H21N3O2S. The number of pyridine rings is 1. The third-order valence-electron chi connectivity index (χ3n) is 3.03. The van der Waals surface area contributed by atoms with Crippen LogP contribution in [-0.2, 0) is 10.0 Å². The summed E-state index contributed by atoms with van der Waals surface area (Å²) in [5.74, 6) is 0.710. The highest BCUT2D eigenvalue weighted by molar-refractivity contribution is 7.89. The summed E-state index contributed by atoms with van der Waals surface area (Å²) in [6.07, 6.45) is 1.47. The molecule has 2 N–H and O–H groups in total. The number of rotatable bonds is 6. The Labute approximate surface area is 109 Å². The van der Waals surface area contributed by atoms with E-state index in [4.69, 9.17) is 0 Å². The molecule has 0 amide bonds. The molecule has 0 fully saturated rings. The first-order chi connectivity index (χ1) is 8.38. The minimum absolute atomic E-state index is 0.0449. The van der Waals surface area contributed by atoms with Crippen LogP contribution in [0.3, 0.4) is 0 Å². The molecule has 1 heterocycles. The van der Waals surface area contributed by atoms with Crippen LogP contribution in [0.5, 0.6) is 0 Å². The van der Waals surface area contributed by atoms with Gasteiger partial charge in [-0.05, 0) is 24.0 Å². The predicted molar refractivity (Wildman–Crippen MR) is 73.0 cm³/mol. The van der Waals surface area contributed by atoms with E-state index in [-0.39, 0.29) is 10.9 Å². The van der Waals surface area contributed by atoms with Crippen LogP contribution in [0.25, 0.3) is 0 Å². The van der Waals surface area contributed by atoms with E-state index in [0.29, 0.717) is 18.2 Å². The Morgan fingerprint density at radius 2 is 2.00 bits per heavy atom. The van der Waals surface area contributed by atoms with Crippen molar-refractivity contribution in [2.45, 2.75) is 25.8 Å². The van der Waals surface area contributed by atoms with Gasteiger partial charge in [0.25, 0.3) is 10.0 Å². The van der Waals surface area contributed by atoms with Gasteiger partial charge in [0, 0.05) is 19.8 Å². The normalized spacial score (nSPS) is 13.6. The maximum Gasteiger partial charge on any atom is 0.260 e. The van der Waals surface area contributed by atoms with Crippen molar-refractivity contribution in [2.24, 2.45) is 11.8 Å². The molecule has 18 heavy (non-hydrogen) atoms. The van der Waals surface area contributed by atoms with E-state index in [1.54, 1.807) is 19.2 Å². The second kappa shape index (κ2) is 6.15. The second-order valence-electron chi connectivity index (χ2n) is 4.68. The van der Waals surface area contributed by atoms with E-state index in [0.717, 1.165) is 0 Å². The average Bonchev–Trinajstić information content (AvgIpc) is 2.35. The van der Waals surface area contributed by atoms with Crippen LogP contribution in [0.4, 0.5) is 5.69 Å². The lowest BCUT2D eigenvalue weighted by Crippen LogP contribution is -2.31. The maximum atomic E-state index is 12.1. The summed E-state index contributed by atoms with van der Waals surface area (Å²) in [5.41, 5.74) is 0.502. The molecule has 1 aromatic heterocycles. The molecule has 1 atom stereocenters. The first-order valence-electron chi connectivity index (χ1n) is 6.01. The lowest BCUT2D eigenvalue weighted by atomic mass is 9.99. The number of hydrogen-bond donors (Lipinski definition) is 2. The summed E-state index contributed by atoms with van der Waals surface area (Å²) >= 11 is 0. The van der Waals surface area contributed by atoms with Crippen LogP contribution in [-0.4, -0.2) is 27.0 Å². The van der Waals surface area contributed by atoms with Crippen molar-refractivity contribution in [1.82, 2.24) is 9.71 Å². The summed E-state index contributed by atoms with van der Waals surface area (Å²) in [4.78, 5) is 3.93. The highest BCUT2D eigenvalue weighted by atomic mass is 32.2. The molecule has 1 aromatic rings. The fraction of sp³-hybridized carbons (Fsp3) is 0.583. The third kappa shape index (κ3) is 3.68. The summed E-state index contributed by atoms with van der Waals surface area (Å²) in [6, 6.07) is 3.38. The minimum atomic E-state index is -3.56. The van der Waals surface area contributed by atoms with Gasteiger partial charge in [0.1, 0.15) is 0 Å². The predicted octanol–water partition coefficient (Wildman–Crippen LogP) is 1.69. The minimum Gasteiger partial charge on any atom is -0.386 e. The quantitative estimate of drug-likeness (QED) is 0.826. The molecule has 6 heteroatoms. The van der Waals surface area contributed by atoms with Crippen LogP contribution in [0.15, 0.2) is 23.4 Å². The van der Waals surface area contributed by atoms with Gasteiger partial charge in [-0.1, -0.05) is 20.8 Å². The standard InChI is InChI=1S/C12H21N3O2S/c1-9(2)10(3)8-15-18(16,17)12-11(13-4)6-5-7-14-12/h5-7,9-10,13,15H,8H2,1-4H3. The highest BCUT2D eigenvalue weighted by Crippen LogP contribution is 2.17. The molecule has 0 radical (unpaired) electrons. The third-order valence-corrected chi connectivity index (χ3v) is 4.41. The van der Waals surface area contributed by atoms with Gasteiger partial charge in [0.05, 0.1) is 5.69 Å². The lowest BCUT2D eigenvalue weighted by molar-refractivity contribution is 0.414. The molecular weight excluding hydrogens is 250 g/mol. The zero-order valence-corrected chi connectivity index (χ0v) is 12.1. The Bertz CT molecular complexity index is 486. The Kier molecular flexibility index (Phi) is 5.10. The van der Waals surface area contributed by atoms with E-state index in [1.165, 1.54) is 6.20 Å². The number of sulfonamides is 1. The molecule has 0 aliphatic rings. The fourth-order valence-electron chi connectivity index (χ4n) is 1.34. The van der Waals surface area contributed by atoms with Crippen LogP contribution in [0.2, 0.25) is 0 Å². The Balaban J connectivity index is 2.87. The lowest BCUT2D eigenvalue weighted by Gasteiger charge is -2.16. The van der Waals surface area contributed by atoms with Crippen molar-refractivity contribution in [3.05, 3.63) is 18.3 Å². The molecule has 5 nitrogen and oxygen atoms in total. The SMILES string of the molecule is CNc1cccnc1S(=O)(=O)NCC(C)C(C)C. The molecule has 1 rings (SSSR count). The van der Waals surface area contributed by atoms with Crippen molar-refractivity contribution in [3.8, 4) is 0 Å². The fourth-order valence-corrected chi connectivity index (χ4v) is 2.62. The van der Waals surface area contributed by atoms with Gasteiger partial charge in [-0.2, -0.15) is 0 Å². The molecule has 0 saturated carbocycles. The van der Waals surface area contributed by atoms with Crippen LogP contribution >= 0.6 is 0 Å². The molecule has 0 saturated heterocycles. The van der Waals surface area contributed by atoms with E-state index in [9.17, 15) is 8.42 Å². The van der Waals surface area contributed by atoms with E-state index in [2.05, 4.69) is 28.9 Å². The summed E-state index contributed by atoms with van der Waals surface area (Å²) in [6.45, 7) is 6.57. The zero-order valence-electron chi connectivity index (χ0n) is 11.3. The van der Waals surface area contributed by atoms with Gasteiger partial charge >= 0.3 is 0 Å². The van der Waals surface area contributed by atoms with Gasteiger partial charge in [-0.3, -0.25) is 0 Å². The Hall–Kier alpha value is -1.14. The smallest absolute Gasteiger partial charge is 0.260 e. The van der Waals surface area contributed by atoms with E-state index in [1.807, 2.05) is 6.92 Å². The summed E-state index contributed by atoms with van der Waals surface area (Å²) < 4.78 is 26.9. The van der Waals surface area contributed by atoms with Gasteiger partial charge in [0.15, 0.2) is 5.03 Å². The topological polar surface area (TPSA) is 71.1 Å². The van der Waals surface area contributed by atoms with Crippen LogP contribution < -0.4 is 10.0 Å². The van der Waals surface area contributed by atoms with Crippen molar-refractivity contribution >= 4 is 15.7 Å². The van der Waals surface area contributed by atoms with Crippen LogP contribution in [0, 0.1) is 11.8 Å². The monoisotopic (exact) mass is 271 g/mol. The Morgan fingerprint density at radius 1 is 1.33 bits per heavy atom. The van der Waals surface area contributed by atoms with Gasteiger partial charge in [0.2, 0.25) is 0 Å². The van der Waals surface area contributed by atoms with Gasteiger partial charge in [-0.25, -0.2) is 18.1 Å². The largest absolute Gasteiger partial charge is 0.386 e. The van der Waals surface area contributed by atoms with Crippen molar-refractivity contribution < 1.29 is 8.42 Å². The first-order valence-corrected chi connectivity index (χ1v) is 7.49. The average molecular weight is 271 g/mol. The first kappa shape index (κ1) is 14.9. The Morgan fingerprint density at radius 3 is 2.56 bits per heavy atom. The van der Waals surface area contributed by atoms with Gasteiger partial charge in [-0.15, -0.1) is 0 Å². The summed E-state index contributed by atoms with van der Waals surface area (Å²) in [5, 5.41) is 2.88. The van der Waals surface area contributed by atoms with Crippen LogP contribution in [0.1, 0.15) is 20.8 Å². The number of nitrogens with one attached hydrogen (secondary N) is 2. The van der Waals surface area contributed by atoms with Gasteiger partial charge < -0.3 is 5.32 Å². The highest BCUT2D eigenvalue weighted by Gasteiger charge is 2.20. The number of hydrogen-bond acceptors (Lipinski definition) is 4. The van der Waals surface area contributed by atoms with Crippen molar-refractivity contribution in [1.29, 1.82) is 0 Å². The molecule has 102 valence electrons. The second-order valence-corrected chi connectivity index (χ2v) is 6.36. The molecule has 0 aliphatic carbocycles. The van der Waals surface area contributed by atoms with Crippen molar-refractivity contribution in [2.75, 3.05) is 18.9 Å². The number of aromatic nitrogens is 1. The zero-order chi connectivity index (χ0) is 13.8. The van der Waals surface area contributed by atoms with Crippen molar-refractivity contribution in [3.63, 3.8) is 0 Å².